The smallest absolute Gasteiger partial charge is 0.253 e. The van der Waals surface area contributed by atoms with Crippen molar-refractivity contribution in [3.63, 3.8) is 0 Å². The summed E-state index contributed by atoms with van der Waals surface area (Å²) in [7, 11) is 0. The van der Waals surface area contributed by atoms with Crippen molar-refractivity contribution in [3.8, 4) is 5.75 Å². The summed E-state index contributed by atoms with van der Waals surface area (Å²) in [6, 6.07) is 13.2. The van der Waals surface area contributed by atoms with Crippen LogP contribution in [-0.4, -0.2) is 36.4 Å². The molecule has 1 saturated heterocycles. The highest BCUT2D eigenvalue weighted by Gasteiger charge is 2.39. The standard InChI is InChI=1S/C23H27FN2O3/c1-3-29-20-10-8-18(9-11-20)21(27)26-13-5-12-23(2,16-26)22(28)25-15-17-6-4-7-19(24)14-17/h4,6-11,14H,3,5,12-13,15-16H2,1-2H3,(H,25,28)/t23-/m0/s1. The highest BCUT2D eigenvalue weighted by Crippen LogP contribution is 2.31. The third-order valence-corrected chi connectivity index (χ3v) is 5.29. The first-order valence-corrected chi connectivity index (χ1v) is 9.96. The van der Waals surface area contributed by atoms with Gasteiger partial charge < -0.3 is 15.0 Å². The average Bonchev–Trinajstić information content (AvgIpc) is 2.72. The van der Waals surface area contributed by atoms with E-state index in [9.17, 15) is 14.0 Å². The van der Waals surface area contributed by atoms with Crippen LogP contribution in [0.25, 0.3) is 0 Å². The van der Waals surface area contributed by atoms with Gasteiger partial charge in [-0.15, -0.1) is 0 Å². The van der Waals surface area contributed by atoms with Crippen molar-refractivity contribution in [3.05, 3.63) is 65.5 Å². The molecule has 2 amide bonds. The van der Waals surface area contributed by atoms with Crippen LogP contribution in [0.2, 0.25) is 0 Å². The van der Waals surface area contributed by atoms with E-state index in [2.05, 4.69) is 5.32 Å². The normalized spacial score (nSPS) is 18.9. The molecule has 2 aromatic carbocycles. The molecule has 1 aliphatic rings. The molecule has 3 rings (SSSR count). The molecule has 5 nitrogen and oxygen atoms in total. The lowest BCUT2D eigenvalue weighted by Gasteiger charge is -2.39. The van der Waals surface area contributed by atoms with Gasteiger partial charge in [0.2, 0.25) is 5.91 Å². The van der Waals surface area contributed by atoms with Crippen LogP contribution < -0.4 is 10.1 Å². The van der Waals surface area contributed by atoms with Crippen molar-refractivity contribution in [2.24, 2.45) is 5.41 Å². The van der Waals surface area contributed by atoms with Gasteiger partial charge in [0.05, 0.1) is 12.0 Å². The number of halogens is 1. The van der Waals surface area contributed by atoms with Gasteiger partial charge in [-0.1, -0.05) is 12.1 Å². The van der Waals surface area contributed by atoms with Crippen molar-refractivity contribution in [2.75, 3.05) is 19.7 Å². The molecule has 2 aromatic rings. The lowest BCUT2D eigenvalue weighted by atomic mass is 9.80. The molecule has 1 N–H and O–H groups in total. The number of piperidine rings is 1. The summed E-state index contributed by atoms with van der Waals surface area (Å²) in [5.41, 5.74) is 0.616. The summed E-state index contributed by atoms with van der Waals surface area (Å²) < 4.78 is 18.7. The maximum absolute atomic E-state index is 13.3. The predicted octanol–water partition coefficient (Wildman–Crippen LogP) is 3.78. The Hall–Kier alpha value is -2.89. The van der Waals surface area contributed by atoms with Crippen molar-refractivity contribution in [1.29, 1.82) is 0 Å². The van der Waals surface area contributed by atoms with Gasteiger partial charge in [-0.25, -0.2) is 4.39 Å². The monoisotopic (exact) mass is 398 g/mol. The first kappa shape index (κ1) is 20.8. The highest BCUT2D eigenvalue weighted by molar-refractivity contribution is 5.95. The van der Waals surface area contributed by atoms with E-state index in [0.717, 1.165) is 12.2 Å². The first-order chi connectivity index (χ1) is 13.9. The first-order valence-electron chi connectivity index (χ1n) is 9.96. The average molecular weight is 398 g/mol. The van der Waals surface area contributed by atoms with Crippen LogP contribution >= 0.6 is 0 Å². The molecule has 1 heterocycles. The molecule has 0 unspecified atom stereocenters. The fourth-order valence-electron chi connectivity index (χ4n) is 3.68. The summed E-state index contributed by atoms with van der Waals surface area (Å²) in [6.07, 6.45) is 1.46. The van der Waals surface area contributed by atoms with Gasteiger partial charge in [-0.05, 0) is 68.7 Å². The van der Waals surface area contributed by atoms with Gasteiger partial charge in [-0.3, -0.25) is 9.59 Å². The number of nitrogens with one attached hydrogen (secondary N) is 1. The number of carbonyl (C=O) groups is 2. The Labute approximate surface area is 170 Å². The van der Waals surface area contributed by atoms with E-state index in [0.29, 0.717) is 37.2 Å². The van der Waals surface area contributed by atoms with E-state index in [1.807, 2.05) is 13.8 Å². The third-order valence-electron chi connectivity index (χ3n) is 5.29. The lowest BCUT2D eigenvalue weighted by molar-refractivity contribution is -0.132. The van der Waals surface area contributed by atoms with Gasteiger partial charge in [0.1, 0.15) is 11.6 Å². The number of nitrogens with zero attached hydrogens (tertiary/aromatic N) is 1. The second-order valence-electron chi connectivity index (χ2n) is 7.66. The molecule has 0 spiro atoms. The molecular formula is C23H27FN2O3. The SMILES string of the molecule is CCOc1ccc(C(=O)N2CCC[C@](C)(C(=O)NCc3cccc(F)c3)C2)cc1. The van der Waals surface area contributed by atoms with E-state index < -0.39 is 5.41 Å². The van der Waals surface area contributed by atoms with Crippen LogP contribution in [-0.2, 0) is 11.3 Å². The minimum Gasteiger partial charge on any atom is -0.494 e. The Morgan fingerprint density at radius 3 is 2.66 bits per heavy atom. The maximum Gasteiger partial charge on any atom is 0.253 e. The minimum absolute atomic E-state index is 0.0862. The largest absolute Gasteiger partial charge is 0.494 e. The highest BCUT2D eigenvalue weighted by atomic mass is 19.1. The van der Waals surface area contributed by atoms with Gasteiger partial charge in [0.25, 0.3) is 5.91 Å². The maximum atomic E-state index is 13.3. The number of likely N-dealkylation sites (tertiary alicyclic amines) is 1. The van der Waals surface area contributed by atoms with Crippen LogP contribution in [0, 0.1) is 11.2 Å². The molecular weight excluding hydrogens is 371 g/mol. The zero-order valence-corrected chi connectivity index (χ0v) is 16.9. The Kier molecular flexibility index (Phi) is 6.52. The number of benzene rings is 2. The Balaban J connectivity index is 1.63. The molecule has 29 heavy (non-hydrogen) atoms. The van der Waals surface area contributed by atoms with Crippen LogP contribution in [0.3, 0.4) is 0 Å². The fourth-order valence-corrected chi connectivity index (χ4v) is 3.68. The molecule has 0 saturated carbocycles. The summed E-state index contributed by atoms with van der Waals surface area (Å²) in [5, 5.41) is 2.90. The molecule has 0 aromatic heterocycles. The molecule has 1 fully saturated rings. The number of hydrogen-bond acceptors (Lipinski definition) is 3. The third kappa shape index (κ3) is 5.13. The van der Waals surface area contributed by atoms with E-state index in [-0.39, 0.29) is 24.2 Å². The topological polar surface area (TPSA) is 58.6 Å². The van der Waals surface area contributed by atoms with Crippen LogP contribution in [0.15, 0.2) is 48.5 Å². The van der Waals surface area contributed by atoms with Gasteiger partial charge in [-0.2, -0.15) is 0 Å². The Morgan fingerprint density at radius 2 is 1.97 bits per heavy atom. The molecule has 0 aliphatic carbocycles. The minimum atomic E-state index is -0.674. The number of rotatable bonds is 6. The van der Waals surface area contributed by atoms with Gasteiger partial charge >= 0.3 is 0 Å². The molecule has 1 atom stereocenters. The van der Waals surface area contributed by atoms with Crippen LogP contribution in [0.1, 0.15) is 42.6 Å². The second-order valence-corrected chi connectivity index (χ2v) is 7.66. The Morgan fingerprint density at radius 1 is 1.21 bits per heavy atom. The molecule has 0 radical (unpaired) electrons. The van der Waals surface area contributed by atoms with E-state index in [1.165, 1.54) is 12.1 Å². The van der Waals surface area contributed by atoms with Gasteiger partial charge in [0, 0.05) is 25.2 Å². The Bertz CT molecular complexity index is 869. The molecule has 1 aliphatic heterocycles. The van der Waals surface area contributed by atoms with Gasteiger partial charge in [0.15, 0.2) is 0 Å². The fraction of sp³-hybridized carbons (Fsp3) is 0.391. The molecule has 6 heteroatoms. The number of hydrogen-bond donors (Lipinski definition) is 1. The zero-order valence-electron chi connectivity index (χ0n) is 16.9. The molecule has 154 valence electrons. The summed E-state index contributed by atoms with van der Waals surface area (Å²) in [6.45, 7) is 5.60. The van der Waals surface area contributed by atoms with Crippen molar-refractivity contribution < 1.29 is 18.7 Å². The predicted molar refractivity (Wildman–Crippen MR) is 109 cm³/mol. The number of ether oxygens (including phenoxy) is 1. The summed E-state index contributed by atoms with van der Waals surface area (Å²) >= 11 is 0. The van der Waals surface area contributed by atoms with E-state index in [1.54, 1.807) is 41.3 Å². The summed E-state index contributed by atoms with van der Waals surface area (Å²) in [4.78, 5) is 27.5. The van der Waals surface area contributed by atoms with Crippen molar-refractivity contribution in [1.82, 2.24) is 10.2 Å². The molecule has 0 bridgehead atoms. The number of amides is 2. The van der Waals surface area contributed by atoms with Crippen molar-refractivity contribution in [2.45, 2.75) is 33.2 Å². The van der Waals surface area contributed by atoms with E-state index >= 15 is 0 Å². The van der Waals surface area contributed by atoms with Crippen LogP contribution in [0.5, 0.6) is 5.75 Å². The summed E-state index contributed by atoms with van der Waals surface area (Å²) in [5.74, 6) is 0.194. The lowest BCUT2D eigenvalue weighted by Crippen LogP contribution is -2.51. The zero-order chi connectivity index (χ0) is 20.9. The van der Waals surface area contributed by atoms with Crippen LogP contribution in [0.4, 0.5) is 4.39 Å². The number of carbonyl (C=O) groups excluding carboxylic acids is 2. The van der Waals surface area contributed by atoms with Crippen molar-refractivity contribution >= 4 is 11.8 Å². The quantitative estimate of drug-likeness (QED) is 0.806. The second kappa shape index (κ2) is 9.07. The van der Waals surface area contributed by atoms with E-state index in [4.69, 9.17) is 4.74 Å².